The average molecular weight is 214 g/mol. The van der Waals surface area contributed by atoms with Crippen molar-refractivity contribution in [1.29, 1.82) is 0 Å². The van der Waals surface area contributed by atoms with Crippen molar-refractivity contribution in [2.24, 2.45) is 16.9 Å². The van der Waals surface area contributed by atoms with Crippen LogP contribution in [0.25, 0.3) is 0 Å². The van der Waals surface area contributed by atoms with Gasteiger partial charge in [-0.2, -0.15) is 0 Å². The fourth-order valence-electron chi connectivity index (χ4n) is 2.02. The predicted octanol–water partition coefficient (Wildman–Crippen LogP) is -0.454. The number of likely N-dealkylation sites (N-methyl/N-ethyl adjacent to an activating group) is 1. The van der Waals surface area contributed by atoms with Crippen LogP contribution in [0.4, 0.5) is 0 Å². The van der Waals surface area contributed by atoms with Crippen LogP contribution < -0.4 is 11.5 Å². The zero-order valence-corrected chi connectivity index (χ0v) is 10.4. The van der Waals surface area contributed by atoms with Gasteiger partial charge in [-0.05, 0) is 12.5 Å². The van der Waals surface area contributed by atoms with Crippen LogP contribution in [-0.4, -0.2) is 62.2 Å². The maximum atomic E-state index is 6.03. The molecule has 1 atom stereocenters. The molecule has 4 nitrogen and oxygen atoms in total. The third kappa shape index (κ3) is 3.72. The lowest BCUT2D eigenvalue weighted by Gasteiger charge is -2.40. The summed E-state index contributed by atoms with van der Waals surface area (Å²) in [5, 5.41) is 0. The van der Waals surface area contributed by atoms with Gasteiger partial charge in [0.25, 0.3) is 0 Å². The number of nitrogens with zero attached hydrogens (tertiary/aromatic N) is 2. The second-order valence-electron chi connectivity index (χ2n) is 5.41. The molecule has 0 saturated carbocycles. The number of hydrogen-bond acceptors (Lipinski definition) is 4. The smallest absolute Gasteiger partial charge is 0.0227 e. The molecule has 0 aromatic carbocycles. The Kier molecular flexibility index (Phi) is 4.52. The van der Waals surface area contributed by atoms with E-state index in [0.717, 1.165) is 32.7 Å². The van der Waals surface area contributed by atoms with E-state index in [4.69, 9.17) is 11.5 Å². The number of nitrogens with two attached hydrogens (primary N) is 2. The Morgan fingerprint density at radius 2 is 1.73 bits per heavy atom. The van der Waals surface area contributed by atoms with E-state index in [1.807, 2.05) is 0 Å². The first-order chi connectivity index (χ1) is 6.95. The van der Waals surface area contributed by atoms with E-state index < -0.39 is 0 Å². The van der Waals surface area contributed by atoms with Crippen LogP contribution in [0.3, 0.4) is 0 Å². The highest BCUT2D eigenvalue weighted by molar-refractivity contribution is 4.86. The molecule has 15 heavy (non-hydrogen) atoms. The fourth-order valence-corrected chi connectivity index (χ4v) is 2.02. The van der Waals surface area contributed by atoms with Crippen LogP contribution in [0.1, 0.15) is 13.8 Å². The van der Waals surface area contributed by atoms with E-state index in [9.17, 15) is 0 Å². The summed E-state index contributed by atoms with van der Waals surface area (Å²) in [6.07, 6.45) is 0. The Bertz CT molecular complexity index is 185. The van der Waals surface area contributed by atoms with Crippen LogP contribution in [-0.2, 0) is 0 Å². The summed E-state index contributed by atoms with van der Waals surface area (Å²) >= 11 is 0. The quantitative estimate of drug-likeness (QED) is 0.665. The Morgan fingerprint density at radius 3 is 2.20 bits per heavy atom. The molecule has 1 aliphatic rings. The lowest BCUT2D eigenvalue weighted by atomic mass is 9.84. The summed E-state index contributed by atoms with van der Waals surface area (Å²) in [5.74, 6) is 0. The summed E-state index contributed by atoms with van der Waals surface area (Å²) in [5.41, 5.74) is 11.8. The van der Waals surface area contributed by atoms with Crippen molar-refractivity contribution in [2.45, 2.75) is 19.9 Å². The van der Waals surface area contributed by atoms with Gasteiger partial charge in [0.2, 0.25) is 0 Å². The van der Waals surface area contributed by atoms with Crippen LogP contribution >= 0.6 is 0 Å². The highest BCUT2D eigenvalue weighted by Crippen LogP contribution is 2.20. The van der Waals surface area contributed by atoms with Crippen molar-refractivity contribution in [2.75, 3.05) is 46.3 Å². The van der Waals surface area contributed by atoms with Gasteiger partial charge in [-0.3, -0.25) is 0 Å². The van der Waals surface area contributed by atoms with Gasteiger partial charge < -0.3 is 21.3 Å². The summed E-state index contributed by atoms with van der Waals surface area (Å²) in [4.78, 5) is 4.86. The van der Waals surface area contributed by atoms with Gasteiger partial charge in [0.15, 0.2) is 0 Å². The predicted molar refractivity (Wildman–Crippen MR) is 64.7 cm³/mol. The molecule has 0 radical (unpaired) electrons. The third-order valence-corrected chi connectivity index (χ3v) is 3.48. The minimum atomic E-state index is 0.0946. The van der Waals surface area contributed by atoms with E-state index in [-0.39, 0.29) is 11.5 Å². The van der Waals surface area contributed by atoms with Crippen molar-refractivity contribution in [3.8, 4) is 0 Å². The molecule has 0 amide bonds. The molecular weight excluding hydrogens is 188 g/mol. The second kappa shape index (κ2) is 5.25. The van der Waals surface area contributed by atoms with Crippen molar-refractivity contribution in [3.63, 3.8) is 0 Å². The maximum absolute atomic E-state index is 6.03. The largest absolute Gasteiger partial charge is 0.329 e. The SMILES string of the molecule is CN1CCN(CC(C)(C)C(N)CN)CC1. The van der Waals surface area contributed by atoms with Crippen LogP contribution in [0.15, 0.2) is 0 Å². The molecule has 4 heteroatoms. The Balaban J connectivity index is 2.40. The Hall–Kier alpha value is -0.160. The molecule has 4 N–H and O–H groups in total. The summed E-state index contributed by atoms with van der Waals surface area (Å²) in [7, 11) is 2.17. The van der Waals surface area contributed by atoms with Crippen molar-refractivity contribution < 1.29 is 0 Å². The fraction of sp³-hybridized carbons (Fsp3) is 1.00. The molecule has 1 fully saturated rings. The van der Waals surface area contributed by atoms with Gasteiger partial charge in [0.1, 0.15) is 0 Å². The van der Waals surface area contributed by atoms with Crippen LogP contribution in [0.2, 0.25) is 0 Å². The summed E-state index contributed by atoms with van der Waals surface area (Å²) in [6.45, 7) is 10.7. The lowest BCUT2D eigenvalue weighted by molar-refractivity contribution is 0.0995. The average Bonchev–Trinajstić information content (AvgIpc) is 2.20. The topological polar surface area (TPSA) is 58.5 Å². The van der Waals surface area contributed by atoms with Gasteiger partial charge in [0.05, 0.1) is 0 Å². The lowest BCUT2D eigenvalue weighted by Crippen LogP contribution is -2.53. The van der Waals surface area contributed by atoms with Gasteiger partial charge in [-0.25, -0.2) is 0 Å². The molecule has 90 valence electrons. The van der Waals surface area contributed by atoms with Gasteiger partial charge in [0, 0.05) is 45.3 Å². The molecular formula is C11H26N4. The summed E-state index contributed by atoms with van der Waals surface area (Å²) < 4.78 is 0. The summed E-state index contributed by atoms with van der Waals surface area (Å²) in [6, 6.07) is 0.0946. The molecule has 1 rings (SSSR count). The van der Waals surface area contributed by atoms with E-state index >= 15 is 0 Å². The van der Waals surface area contributed by atoms with Gasteiger partial charge in [-0.1, -0.05) is 13.8 Å². The third-order valence-electron chi connectivity index (χ3n) is 3.48. The monoisotopic (exact) mass is 214 g/mol. The first-order valence-corrected chi connectivity index (χ1v) is 5.82. The zero-order chi connectivity index (χ0) is 11.5. The van der Waals surface area contributed by atoms with Gasteiger partial charge >= 0.3 is 0 Å². The van der Waals surface area contributed by atoms with E-state index in [1.165, 1.54) is 0 Å². The molecule has 0 aromatic heterocycles. The second-order valence-corrected chi connectivity index (χ2v) is 5.41. The highest BCUT2D eigenvalue weighted by Gasteiger charge is 2.28. The number of piperazine rings is 1. The van der Waals surface area contributed by atoms with E-state index in [2.05, 4.69) is 30.7 Å². The van der Waals surface area contributed by atoms with Crippen molar-refractivity contribution in [1.82, 2.24) is 9.80 Å². The first-order valence-electron chi connectivity index (χ1n) is 5.82. The molecule has 1 saturated heterocycles. The minimum absolute atomic E-state index is 0.0946. The molecule has 1 unspecified atom stereocenters. The maximum Gasteiger partial charge on any atom is 0.0227 e. The van der Waals surface area contributed by atoms with E-state index in [0.29, 0.717) is 6.54 Å². The Morgan fingerprint density at radius 1 is 1.20 bits per heavy atom. The standard InChI is InChI=1S/C11H26N4/c1-11(2,10(13)8-12)9-15-6-4-14(3)5-7-15/h10H,4-9,12-13H2,1-3H3. The molecule has 0 aromatic rings. The molecule has 1 heterocycles. The van der Waals surface area contributed by atoms with Crippen LogP contribution in [0.5, 0.6) is 0 Å². The van der Waals surface area contributed by atoms with Gasteiger partial charge in [-0.15, -0.1) is 0 Å². The Labute approximate surface area is 93.6 Å². The van der Waals surface area contributed by atoms with Crippen molar-refractivity contribution >= 4 is 0 Å². The highest BCUT2D eigenvalue weighted by atomic mass is 15.2. The molecule has 0 aliphatic carbocycles. The number of rotatable bonds is 4. The first kappa shape index (κ1) is 12.9. The molecule has 0 spiro atoms. The zero-order valence-electron chi connectivity index (χ0n) is 10.4. The molecule has 0 bridgehead atoms. The van der Waals surface area contributed by atoms with Crippen LogP contribution in [0, 0.1) is 5.41 Å². The minimum Gasteiger partial charge on any atom is -0.329 e. The molecule has 1 aliphatic heterocycles. The van der Waals surface area contributed by atoms with Crippen molar-refractivity contribution in [3.05, 3.63) is 0 Å². The number of hydrogen-bond donors (Lipinski definition) is 2. The normalized spacial score (nSPS) is 23.0. The van der Waals surface area contributed by atoms with E-state index in [1.54, 1.807) is 0 Å².